The molecule has 0 saturated heterocycles. The lowest BCUT2D eigenvalue weighted by atomic mass is 10.2. The first-order valence-corrected chi connectivity index (χ1v) is 6.69. The molecule has 120 valence electrons. The molecule has 2 aromatic rings. The van der Waals surface area contributed by atoms with Crippen LogP contribution in [0.4, 0.5) is 5.69 Å². The summed E-state index contributed by atoms with van der Waals surface area (Å²) in [5.41, 5.74) is 0.737. The molecule has 0 atom stereocenters. The van der Waals surface area contributed by atoms with E-state index in [1.54, 1.807) is 42.5 Å². The highest BCUT2D eigenvalue weighted by Gasteiger charge is 2.20. The first-order valence-electron chi connectivity index (χ1n) is 6.69. The van der Waals surface area contributed by atoms with E-state index in [1.165, 1.54) is 21.3 Å². The molecule has 0 amide bonds. The van der Waals surface area contributed by atoms with Gasteiger partial charge in [0.1, 0.15) is 0 Å². The predicted octanol–water partition coefficient (Wildman–Crippen LogP) is 3.07. The predicted molar refractivity (Wildman–Crippen MR) is 85.7 cm³/mol. The molecule has 7 heteroatoms. The summed E-state index contributed by atoms with van der Waals surface area (Å²) in [6.45, 7) is 0. The monoisotopic (exact) mass is 316 g/mol. The van der Waals surface area contributed by atoms with Crippen LogP contribution in [0.3, 0.4) is 0 Å². The summed E-state index contributed by atoms with van der Waals surface area (Å²) in [7, 11) is 4.42. The fraction of sp³-hybridized carbons (Fsp3) is 0.188. The average molecular weight is 316 g/mol. The summed E-state index contributed by atoms with van der Waals surface area (Å²) in [5.74, 6) is 0.888. The van der Waals surface area contributed by atoms with Gasteiger partial charge in [-0.05, 0) is 22.0 Å². The zero-order valence-electron chi connectivity index (χ0n) is 13.0. The Kier molecular flexibility index (Phi) is 5.14. The number of methoxy groups -OCH3 is 3. The van der Waals surface area contributed by atoms with Crippen LogP contribution in [-0.4, -0.2) is 32.1 Å². The Morgan fingerprint density at radius 1 is 1.00 bits per heavy atom. The first kappa shape index (κ1) is 16.3. The van der Waals surface area contributed by atoms with Crippen molar-refractivity contribution < 1.29 is 19.1 Å². The number of benzene rings is 2. The highest BCUT2D eigenvalue weighted by Crippen LogP contribution is 2.40. The Labute approximate surface area is 133 Å². The fourth-order valence-electron chi connectivity index (χ4n) is 2.05. The molecular weight excluding hydrogens is 300 g/mol. The van der Waals surface area contributed by atoms with Crippen LogP contribution in [0, 0.1) is 10.1 Å². The molecule has 0 aliphatic rings. The van der Waals surface area contributed by atoms with Crippen LogP contribution in [0.1, 0.15) is 5.56 Å². The van der Waals surface area contributed by atoms with Gasteiger partial charge in [0.15, 0.2) is 17.2 Å². The van der Waals surface area contributed by atoms with E-state index in [4.69, 9.17) is 14.2 Å². The SMILES string of the molecule is COc1cc(N=C(c2ccccc2)[N+](=O)[O-])cc(OC)c1OC. The normalized spacial score (nSPS) is 11.0. The van der Waals surface area contributed by atoms with Gasteiger partial charge in [-0.2, -0.15) is 0 Å². The minimum Gasteiger partial charge on any atom is -0.493 e. The third-order valence-corrected chi connectivity index (χ3v) is 3.09. The lowest BCUT2D eigenvalue weighted by molar-refractivity contribution is -0.348. The van der Waals surface area contributed by atoms with Gasteiger partial charge in [0.25, 0.3) is 0 Å². The average Bonchev–Trinajstić information content (AvgIpc) is 2.59. The van der Waals surface area contributed by atoms with Gasteiger partial charge < -0.3 is 24.3 Å². The molecule has 2 aromatic carbocycles. The zero-order chi connectivity index (χ0) is 16.8. The Hall–Kier alpha value is -3.09. The second-order valence-corrected chi connectivity index (χ2v) is 4.44. The van der Waals surface area contributed by atoms with E-state index in [1.807, 2.05) is 0 Å². The Morgan fingerprint density at radius 2 is 1.57 bits per heavy atom. The van der Waals surface area contributed by atoms with Crippen molar-refractivity contribution >= 4 is 11.5 Å². The molecule has 0 aliphatic carbocycles. The molecule has 0 fully saturated rings. The molecule has 23 heavy (non-hydrogen) atoms. The molecule has 2 rings (SSSR count). The molecule has 0 N–H and O–H groups in total. The largest absolute Gasteiger partial charge is 0.493 e. The summed E-state index contributed by atoms with van der Waals surface area (Å²) in [5, 5.41) is 11.3. The fourth-order valence-corrected chi connectivity index (χ4v) is 2.05. The third kappa shape index (κ3) is 3.57. The highest BCUT2D eigenvalue weighted by molar-refractivity contribution is 5.94. The molecule has 0 aliphatic heterocycles. The van der Waals surface area contributed by atoms with Gasteiger partial charge in [-0.3, -0.25) is 0 Å². The summed E-state index contributed by atoms with van der Waals surface area (Å²) in [4.78, 5) is 14.9. The van der Waals surface area contributed by atoms with E-state index >= 15 is 0 Å². The zero-order valence-corrected chi connectivity index (χ0v) is 13.0. The maximum atomic E-state index is 11.3. The number of amidine groups is 1. The van der Waals surface area contributed by atoms with Crippen molar-refractivity contribution in [3.8, 4) is 17.2 Å². The van der Waals surface area contributed by atoms with Gasteiger partial charge in [0.05, 0.1) is 26.9 Å². The quantitative estimate of drug-likeness (QED) is 0.366. The number of ether oxygens (including phenoxy) is 3. The van der Waals surface area contributed by atoms with Crippen molar-refractivity contribution in [3.05, 3.63) is 58.1 Å². The number of hydrogen-bond donors (Lipinski definition) is 0. The van der Waals surface area contributed by atoms with Crippen molar-refractivity contribution in [2.75, 3.05) is 21.3 Å². The maximum absolute atomic E-state index is 11.3. The van der Waals surface area contributed by atoms with E-state index in [-0.39, 0.29) is 5.84 Å². The van der Waals surface area contributed by atoms with E-state index < -0.39 is 4.92 Å². The first-order chi connectivity index (χ1) is 11.1. The van der Waals surface area contributed by atoms with Crippen LogP contribution in [0.2, 0.25) is 0 Å². The summed E-state index contributed by atoms with van der Waals surface area (Å²) in [6.07, 6.45) is 0. The van der Waals surface area contributed by atoms with Crippen molar-refractivity contribution in [1.29, 1.82) is 0 Å². The summed E-state index contributed by atoms with van der Waals surface area (Å²) < 4.78 is 15.7. The standard InChI is InChI=1S/C16H16N2O5/c1-21-13-9-12(10-14(22-2)15(13)23-3)17-16(18(19)20)11-7-5-4-6-8-11/h4-10H,1-3H3. The van der Waals surface area contributed by atoms with E-state index in [0.717, 1.165) is 0 Å². The van der Waals surface area contributed by atoms with Crippen LogP contribution in [0.15, 0.2) is 47.5 Å². The molecule has 0 bridgehead atoms. The number of hydrogen-bond acceptors (Lipinski definition) is 6. The Bertz CT molecular complexity index is 704. The van der Waals surface area contributed by atoms with Crippen molar-refractivity contribution in [2.45, 2.75) is 0 Å². The van der Waals surface area contributed by atoms with Crippen molar-refractivity contribution in [2.24, 2.45) is 4.99 Å². The second kappa shape index (κ2) is 7.26. The van der Waals surface area contributed by atoms with Gasteiger partial charge in [0, 0.05) is 12.1 Å². The molecule has 0 aromatic heterocycles. The van der Waals surface area contributed by atoms with Crippen LogP contribution >= 0.6 is 0 Å². The van der Waals surface area contributed by atoms with Crippen LogP contribution in [0.5, 0.6) is 17.2 Å². The minimum absolute atomic E-state index is 0.264. The second-order valence-electron chi connectivity index (χ2n) is 4.44. The summed E-state index contributed by atoms with van der Waals surface area (Å²) >= 11 is 0. The third-order valence-electron chi connectivity index (χ3n) is 3.09. The topological polar surface area (TPSA) is 83.2 Å². The number of rotatable bonds is 5. The van der Waals surface area contributed by atoms with Crippen LogP contribution in [0.25, 0.3) is 0 Å². The van der Waals surface area contributed by atoms with Gasteiger partial charge in [-0.1, -0.05) is 18.2 Å². The molecule has 0 saturated carbocycles. The smallest absolute Gasteiger partial charge is 0.371 e. The molecule has 0 unspecified atom stereocenters. The lowest BCUT2D eigenvalue weighted by Gasteiger charge is -2.11. The highest BCUT2D eigenvalue weighted by atomic mass is 16.6. The Balaban J connectivity index is 2.57. The van der Waals surface area contributed by atoms with E-state index in [9.17, 15) is 10.1 Å². The molecule has 7 nitrogen and oxygen atoms in total. The van der Waals surface area contributed by atoms with Crippen molar-refractivity contribution in [3.63, 3.8) is 0 Å². The number of aliphatic imine (C=N–C) groups is 1. The van der Waals surface area contributed by atoms with Gasteiger partial charge in [0.2, 0.25) is 5.75 Å². The molecule has 0 spiro atoms. The summed E-state index contributed by atoms with van der Waals surface area (Å²) in [6, 6.07) is 11.6. The van der Waals surface area contributed by atoms with E-state index in [2.05, 4.69) is 4.99 Å². The van der Waals surface area contributed by atoms with Gasteiger partial charge >= 0.3 is 5.84 Å². The van der Waals surface area contributed by atoms with Crippen LogP contribution < -0.4 is 14.2 Å². The van der Waals surface area contributed by atoms with Crippen molar-refractivity contribution in [1.82, 2.24) is 0 Å². The number of nitro groups is 1. The maximum Gasteiger partial charge on any atom is 0.371 e. The van der Waals surface area contributed by atoms with Gasteiger partial charge in [-0.25, -0.2) is 0 Å². The minimum atomic E-state index is -0.529. The van der Waals surface area contributed by atoms with Crippen LogP contribution in [-0.2, 0) is 0 Å². The molecule has 0 radical (unpaired) electrons. The Morgan fingerprint density at radius 3 is 2.00 bits per heavy atom. The lowest BCUT2D eigenvalue weighted by Crippen LogP contribution is -2.12. The molecule has 0 heterocycles. The molecular formula is C16H16N2O5. The number of nitrogens with zero attached hydrogens (tertiary/aromatic N) is 2. The van der Waals surface area contributed by atoms with E-state index in [0.29, 0.717) is 28.5 Å². The van der Waals surface area contributed by atoms with Gasteiger partial charge in [-0.15, -0.1) is 0 Å².